The first kappa shape index (κ1) is 23.6. The van der Waals surface area contributed by atoms with E-state index in [9.17, 15) is 4.79 Å². The number of hydrogen-bond donors (Lipinski definition) is 2. The molecule has 3 rings (SSSR count). The van der Waals surface area contributed by atoms with Gasteiger partial charge < -0.3 is 20.2 Å². The molecule has 0 aliphatic carbocycles. The number of aromatic nitrogens is 4. The third kappa shape index (κ3) is 4.75. The third-order valence-electron chi connectivity index (χ3n) is 6.35. The summed E-state index contributed by atoms with van der Waals surface area (Å²) in [7, 11) is -1.94. The van der Waals surface area contributed by atoms with Gasteiger partial charge in [0.25, 0.3) is 0 Å². The van der Waals surface area contributed by atoms with Crippen LogP contribution in [0.3, 0.4) is 0 Å². The SMILES string of the molecule is CC[C@H]1O[C@@H](n2cnc3c(NC(=O)C(C)C)nc(N)nc32)CC1O[Si](C)(C)C(C)(C)C. The van der Waals surface area contributed by atoms with Gasteiger partial charge in [0.15, 0.2) is 25.3 Å². The molecule has 1 unspecified atom stereocenters. The van der Waals surface area contributed by atoms with Crippen molar-refractivity contribution in [3.63, 3.8) is 0 Å². The van der Waals surface area contributed by atoms with Crippen molar-refractivity contribution >= 4 is 37.2 Å². The number of hydrogen-bond acceptors (Lipinski definition) is 7. The van der Waals surface area contributed by atoms with Gasteiger partial charge in [-0.3, -0.25) is 9.36 Å². The van der Waals surface area contributed by atoms with Crippen LogP contribution in [0.5, 0.6) is 0 Å². The van der Waals surface area contributed by atoms with Crippen molar-refractivity contribution in [2.24, 2.45) is 5.92 Å². The molecule has 0 saturated carbocycles. The number of ether oxygens (including phenoxy) is 1. The third-order valence-corrected chi connectivity index (χ3v) is 10.9. The van der Waals surface area contributed by atoms with Gasteiger partial charge in [0.05, 0.1) is 18.5 Å². The molecule has 2 aromatic rings. The highest BCUT2D eigenvalue weighted by Crippen LogP contribution is 2.42. The molecule has 0 bridgehead atoms. The summed E-state index contributed by atoms with van der Waals surface area (Å²) < 4.78 is 14.9. The second kappa shape index (κ2) is 8.48. The topological polar surface area (TPSA) is 117 Å². The lowest BCUT2D eigenvalue weighted by Gasteiger charge is -2.39. The van der Waals surface area contributed by atoms with Gasteiger partial charge in [-0.05, 0) is 24.6 Å². The Kier molecular flexibility index (Phi) is 6.46. The van der Waals surface area contributed by atoms with Gasteiger partial charge in [-0.15, -0.1) is 0 Å². The van der Waals surface area contributed by atoms with E-state index in [-0.39, 0.29) is 41.2 Å². The fourth-order valence-corrected chi connectivity index (χ4v) is 4.76. The van der Waals surface area contributed by atoms with Crippen LogP contribution < -0.4 is 11.1 Å². The maximum atomic E-state index is 12.2. The summed E-state index contributed by atoms with van der Waals surface area (Å²) >= 11 is 0. The lowest BCUT2D eigenvalue weighted by molar-refractivity contribution is -0.118. The Morgan fingerprint density at radius 2 is 2.06 bits per heavy atom. The first-order valence-electron chi connectivity index (χ1n) is 11.0. The number of carbonyl (C=O) groups excluding carboxylic acids is 1. The van der Waals surface area contributed by atoms with Gasteiger partial charge in [0.2, 0.25) is 11.9 Å². The molecule has 3 N–H and O–H groups in total. The highest BCUT2D eigenvalue weighted by Gasteiger charge is 2.44. The van der Waals surface area contributed by atoms with E-state index in [0.29, 0.717) is 23.4 Å². The molecule has 2 aromatic heterocycles. The molecule has 3 atom stereocenters. The smallest absolute Gasteiger partial charge is 0.228 e. The fourth-order valence-electron chi connectivity index (χ4n) is 3.41. The molecular weight excluding hydrogens is 412 g/mol. The van der Waals surface area contributed by atoms with E-state index in [2.05, 4.69) is 61.1 Å². The predicted molar refractivity (Wildman–Crippen MR) is 124 cm³/mol. The molecule has 1 aliphatic heterocycles. The van der Waals surface area contributed by atoms with Gasteiger partial charge in [-0.1, -0.05) is 41.5 Å². The van der Waals surface area contributed by atoms with Crippen molar-refractivity contribution in [3.05, 3.63) is 6.33 Å². The molecular formula is C21H36N6O3Si. The molecule has 31 heavy (non-hydrogen) atoms. The van der Waals surface area contributed by atoms with E-state index >= 15 is 0 Å². The molecule has 0 radical (unpaired) electrons. The highest BCUT2D eigenvalue weighted by atomic mass is 28.4. The van der Waals surface area contributed by atoms with E-state index in [1.165, 1.54) is 0 Å². The Labute approximate surface area is 185 Å². The molecule has 0 aromatic carbocycles. The van der Waals surface area contributed by atoms with E-state index < -0.39 is 8.32 Å². The number of anilines is 2. The van der Waals surface area contributed by atoms with Crippen LogP contribution in [-0.4, -0.2) is 46.0 Å². The Bertz CT molecular complexity index is 952. The lowest BCUT2D eigenvalue weighted by atomic mass is 10.1. The summed E-state index contributed by atoms with van der Waals surface area (Å²) in [4.78, 5) is 25.2. The molecule has 9 nitrogen and oxygen atoms in total. The Hall–Kier alpha value is -2.04. The summed E-state index contributed by atoms with van der Waals surface area (Å²) in [5.74, 6) is 0.0523. The number of nitrogens with one attached hydrogen (secondary N) is 1. The normalized spacial score (nSPS) is 22.4. The zero-order valence-electron chi connectivity index (χ0n) is 19.9. The molecule has 3 heterocycles. The molecule has 1 aliphatic rings. The van der Waals surface area contributed by atoms with Crippen molar-refractivity contribution in [1.29, 1.82) is 0 Å². The van der Waals surface area contributed by atoms with Crippen LogP contribution in [0.1, 0.15) is 60.6 Å². The molecule has 0 spiro atoms. The summed E-state index contributed by atoms with van der Waals surface area (Å²) in [6.45, 7) is 17.0. The average Bonchev–Trinajstić information content (AvgIpc) is 3.23. The standard InChI is InChI=1S/C21H36N6O3Si/c1-9-13-14(30-31(7,8)21(4,5)6)10-15(29-13)27-11-23-16-17(24-19(28)12(2)3)25-20(22)26-18(16)27/h11-15H,9-10H2,1-8H3,(H3,22,24,25,26,28)/t13-,14?,15-/m1/s1. The second-order valence-electron chi connectivity index (χ2n) is 10.1. The largest absolute Gasteiger partial charge is 0.411 e. The number of nitrogens with two attached hydrogens (primary N) is 1. The van der Waals surface area contributed by atoms with Crippen LogP contribution in [0.15, 0.2) is 6.33 Å². The summed E-state index contributed by atoms with van der Waals surface area (Å²) in [5, 5.41) is 2.92. The van der Waals surface area contributed by atoms with Crippen molar-refractivity contribution in [2.45, 2.75) is 91.0 Å². The van der Waals surface area contributed by atoms with Crippen molar-refractivity contribution < 1.29 is 14.0 Å². The molecule has 172 valence electrons. The first-order chi connectivity index (χ1) is 14.3. The minimum Gasteiger partial charge on any atom is -0.411 e. The Balaban J connectivity index is 1.90. The summed E-state index contributed by atoms with van der Waals surface area (Å²) in [6.07, 6.45) is 2.97. The van der Waals surface area contributed by atoms with Crippen LogP contribution in [0.25, 0.3) is 11.2 Å². The predicted octanol–water partition coefficient (Wildman–Crippen LogP) is 4.09. The van der Waals surface area contributed by atoms with Crippen molar-refractivity contribution in [1.82, 2.24) is 19.5 Å². The summed E-state index contributed by atoms with van der Waals surface area (Å²) in [6, 6.07) is 0. The van der Waals surface area contributed by atoms with Crippen LogP contribution >= 0.6 is 0 Å². The van der Waals surface area contributed by atoms with Crippen LogP contribution in [-0.2, 0) is 14.0 Å². The zero-order chi connectivity index (χ0) is 23.1. The molecule has 1 saturated heterocycles. The number of fused-ring (bicyclic) bond motifs is 1. The number of imidazole rings is 1. The van der Waals surface area contributed by atoms with Crippen LogP contribution in [0.4, 0.5) is 11.8 Å². The number of carbonyl (C=O) groups is 1. The minimum atomic E-state index is -1.94. The van der Waals surface area contributed by atoms with E-state index in [0.717, 1.165) is 6.42 Å². The van der Waals surface area contributed by atoms with E-state index in [1.807, 2.05) is 18.4 Å². The lowest BCUT2D eigenvalue weighted by Crippen LogP contribution is -2.45. The van der Waals surface area contributed by atoms with Crippen LogP contribution in [0, 0.1) is 5.92 Å². The van der Waals surface area contributed by atoms with Gasteiger partial charge >= 0.3 is 0 Å². The molecule has 1 amide bonds. The average molecular weight is 449 g/mol. The molecule has 1 fully saturated rings. The number of amides is 1. The quantitative estimate of drug-likeness (QED) is 0.639. The van der Waals surface area contributed by atoms with E-state index in [4.69, 9.17) is 14.9 Å². The summed E-state index contributed by atoms with van der Waals surface area (Å²) in [5.41, 5.74) is 6.98. The fraction of sp³-hybridized carbons (Fsp3) is 0.714. The van der Waals surface area contributed by atoms with Gasteiger partial charge in [-0.25, -0.2) is 4.98 Å². The van der Waals surface area contributed by atoms with Gasteiger partial charge in [-0.2, -0.15) is 9.97 Å². The first-order valence-corrected chi connectivity index (χ1v) is 13.9. The zero-order valence-corrected chi connectivity index (χ0v) is 20.9. The maximum Gasteiger partial charge on any atom is 0.228 e. The van der Waals surface area contributed by atoms with Gasteiger partial charge in [0.1, 0.15) is 6.23 Å². The van der Waals surface area contributed by atoms with Crippen molar-refractivity contribution in [3.8, 4) is 0 Å². The Morgan fingerprint density at radius 1 is 1.39 bits per heavy atom. The van der Waals surface area contributed by atoms with Crippen LogP contribution in [0.2, 0.25) is 18.1 Å². The number of nitrogen functional groups attached to an aromatic ring is 1. The number of nitrogens with zero attached hydrogens (tertiary/aromatic N) is 4. The second-order valence-corrected chi connectivity index (χ2v) is 14.8. The van der Waals surface area contributed by atoms with Crippen molar-refractivity contribution in [2.75, 3.05) is 11.1 Å². The highest BCUT2D eigenvalue weighted by molar-refractivity contribution is 6.74. The molecule has 10 heteroatoms. The van der Waals surface area contributed by atoms with E-state index in [1.54, 1.807) is 6.33 Å². The minimum absolute atomic E-state index is 0.00382. The number of rotatable bonds is 6. The monoisotopic (exact) mass is 448 g/mol. The Morgan fingerprint density at radius 3 is 2.65 bits per heavy atom. The van der Waals surface area contributed by atoms with Gasteiger partial charge in [0, 0.05) is 12.3 Å². The maximum absolute atomic E-state index is 12.2.